The molecule has 0 saturated carbocycles. The molecule has 8 nitrogen and oxygen atoms in total. The first-order valence-corrected chi connectivity index (χ1v) is 14.4. The van der Waals surface area contributed by atoms with E-state index in [2.05, 4.69) is 41.4 Å². The molecular weight excluding hydrogens is 500 g/mol. The summed E-state index contributed by atoms with van der Waals surface area (Å²) < 4.78 is 1.80. The van der Waals surface area contributed by atoms with Crippen molar-refractivity contribution in [3.05, 3.63) is 70.9 Å². The van der Waals surface area contributed by atoms with Crippen LogP contribution in [-0.2, 0) is 24.9 Å². The van der Waals surface area contributed by atoms with E-state index >= 15 is 0 Å². The number of hydrogen-bond acceptors (Lipinski definition) is 5. The summed E-state index contributed by atoms with van der Waals surface area (Å²) in [5.41, 5.74) is 5.65. The summed E-state index contributed by atoms with van der Waals surface area (Å²) in [6, 6.07) is 13.6. The molecule has 0 unspecified atom stereocenters. The lowest BCUT2D eigenvalue weighted by Crippen LogP contribution is -2.41. The Kier molecular flexibility index (Phi) is 7.99. The van der Waals surface area contributed by atoms with Crippen molar-refractivity contribution in [1.82, 2.24) is 20.0 Å². The number of carbonyl (C=O) groups excluding carboxylic acids is 2. The summed E-state index contributed by atoms with van der Waals surface area (Å²) in [7, 11) is 1.89. The van der Waals surface area contributed by atoms with Gasteiger partial charge in [0.25, 0.3) is 5.91 Å². The molecule has 2 aliphatic rings. The average Bonchev–Trinajstić information content (AvgIpc) is 3.18. The number of hydrogen-bond donors (Lipinski definition) is 2. The quantitative estimate of drug-likeness (QED) is 0.436. The van der Waals surface area contributed by atoms with Crippen LogP contribution in [0.4, 0.5) is 17.2 Å². The summed E-state index contributed by atoms with van der Waals surface area (Å²) in [6.07, 6.45) is 4.80. The standard InChI is InChI=1S/C32H42N6O2/c1-22-18-24(31(40)38-21-26-20-34-36(5)29(26)35-27-8-6-7-9-28(27)38)10-11-25(22)19-33-30(39)23-12-15-37(16-13-23)17-14-32(2,3)4/h6-11,18,20,23,35H,12-17,19,21H2,1-5H3,(H,33,39). The van der Waals surface area contributed by atoms with Gasteiger partial charge in [-0.15, -0.1) is 0 Å². The third-order valence-corrected chi connectivity index (χ3v) is 8.22. The highest BCUT2D eigenvalue weighted by atomic mass is 16.2. The number of nitrogens with zero attached hydrogens (tertiary/aromatic N) is 4. The second-order valence-corrected chi connectivity index (χ2v) is 12.5. The predicted octanol–water partition coefficient (Wildman–Crippen LogP) is 5.40. The molecule has 2 amide bonds. The van der Waals surface area contributed by atoms with Crippen LogP contribution in [-0.4, -0.2) is 46.1 Å². The summed E-state index contributed by atoms with van der Waals surface area (Å²) in [4.78, 5) is 31.0. The molecule has 1 aromatic heterocycles. The number of anilines is 3. The maximum Gasteiger partial charge on any atom is 0.258 e. The molecule has 0 atom stereocenters. The maximum absolute atomic E-state index is 13.8. The molecule has 0 aliphatic carbocycles. The first kappa shape index (κ1) is 27.9. The van der Waals surface area contributed by atoms with Gasteiger partial charge in [0.2, 0.25) is 5.91 Å². The Morgan fingerprint density at radius 2 is 1.85 bits per heavy atom. The smallest absolute Gasteiger partial charge is 0.258 e. The van der Waals surface area contributed by atoms with Crippen LogP contribution in [0.5, 0.6) is 0 Å². The monoisotopic (exact) mass is 542 g/mol. The van der Waals surface area contributed by atoms with E-state index in [0.29, 0.717) is 24.1 Å². The summed E-state index contributed by atoms with van der Waals surface area (Å²) in [5.74, 6) is 1.03. The van der Waals surface area contributed by atoms with Gasteiger partial charge in [0.1, 0.15) is 5.82 Å². The van der Waals surface area contributed by atoms with Crippen LogP contribution in [0, 0.1) is 18.3 Å². The Bertz CT molecular complexity index is 1380. The van der Waals surface area contributed by atoms with E-state index in [0.717, 1.165) is 66.4 Å². The van der Waals surface area contributed by atoms with Crippen molar-refractivity contribution in [2.45, 2.75) is 60.0 Å². The Balaban J connectivity index is 1.21. The van der Waals surface area contributed by atoms with Crippen molar-refractivity contribution in [2.75, 3.05) is 29.9 Å². The predicted molar refractivity (Wildman–Crippen MR) is 160 cm³/mol. The SMILES string of the molecule is Cc1cc(C(=O)N2Cc3cnn(C)c3Nc3ccccc32)ccc1CNC(=O)C1CCN(CCC(C)(C)C)CC1. The van der Waals surface area contributed by atoms with Gasteiger partial charge in [0.15, 0.2) is 0 Å². The largest absolute Gasteiger partial charge is 0.352 e. The molecule has 3 heterocycles. The maximum atomic E-state index is 13.8. The van der Waals surface area contributed by atoms with Gasteiger partial charge in [-0.3, -0.25) is 14.3 Å². The number of likely N-dealkylation sites (tertiary alicyclic amines) is 1. The number of rotatable bonds is 6. The molecule has 1 fully saturated rings. The van der Waals surface area contributed by atoms with E-state index in [1.807, 2.05) is 56.4 Å². The lowest BCUT2D eigenvalue weighted by Gasteiger charge is -2.33. The number of piperidine rings is 1. The van der Waals surface area contributed by atoms with Gasteiger partial charge < -0.3 is 20.4 Å². The second kappa shape index (κ2) is 11.5. The van der Waals surface area contributed by atoms with Crippen LogP contribution in [0.3, 0.4) is 0 Å². The van der Waals surface area contributed by atoms with Gasteiger partial charge in [0.05, 0.1) is 24.1 Å². The highest BCUT2D eigenvalue weighted by molar-refractivity contribution is 6.08. The Hall–Kier alpha value is -3.65. The van der Waals surface area contributed by atoms with Crippen LogP contribution in [0.15, 0.2) is 48.7 Å². The fourth-order valence-electron chi connectivity index (χ4n) is 5.56. The van der Waals surface area contributed by atoms with E-state index in [9.17, 15) is 9.59 Å². The number of fused-ring (bicyclic) bond motifs is 2. The Morgan fingerprint density at radius 1 is 1.10 bits per heavy atom. The van der Waals surface area contributed by atoms with Crippen LogP contribution in [0.25, 0.3) is 0 Å². The van der Waals surface area contributed by atoms with E-state index in [1.54, 1.807) is 15.8 Å². The highest BCUT2D eigenvalue weighted by Crippen LogP contribution is 2.36. The van der Waals surface area contributed by atoms with E-state index in [4.69, 9.17) is 0 Å². The molecule has 2 aromatic carbocycles. The van der Waals surface area contributed by atoms with Crippen molar-refractivity contribution >= 4 is 29.0 Å². The van der Waals surface area contributed by atoms with Gasteiger partial charge in [-0.25, -0.2) is 0 Å². The molecule has 3 aromatic rings. The molecule has 8 heteroatoms. The Labute approximate surface area is 237 Å². The third-order valence-electron chi connectivity index (χ3n) is 8.22. The number of para-hydroxylation sites is 2. The van der Waals surface area contributed by atoms with Crippen molar-refractivity contribution in [3.8, 4) is 0 Å². The number of amides is 2. The first-order valence-electron chi connectivity index (χ1n) is 14.4. The zero-order valence-corrected chi connectivity index (χ0v) is 24.5. The molecule has 2 N–H and O–H groups in total. The van der Waals surface area contributed by atoms with Crippen LogP contribution < -0.4 is 15.5 Å². The lowest BCUT2D eigenvalue weighted by molar-refractivity contribution is -0.126. The number of carbonyl (C=O) groups is 2. The molecule has 2 aliphatic heterocycles. The van der Waals surface area contributed by atoms with Gasteiger partial charge in [0, 0.05) is 30.6 Å². The molecular formula is C32H42N6O2. The fourth-order valence-corrected chi connectivity index (χ4v) is 5.56. The molecule has 0 spiro atoms. The molecule has 40 heavy (non-hydrogen) atoms. The molecule has 212 valence electrons. The minimum absolute atomic E-state index is 0.0668. The fraction of sp³-hybridized carbons (Fsp3) is 0.469. The summed E-state index contributed by atoms with van der Waals surface area (Å²) in [6.45, 7) is 12.8. The van der Waals surface area contributed by atoms with E-state index in [1.165, 1.54) is 6.42 Å². The van der Waals surface area contributed by atoms with Crippen molar-refractivity contribution in [2.24, 2.45) is 18.4 Å². The van der Waals surface area contributed by atoms with Crippen molar-refractivity contribution in [1.29, 1.82) is 0 Å². The van der Waals surface area contributed by atoms with E-state index < -0.39 is 0 Å². The highest BCUT2D eigenvalue weighted by Gasteiger charge is 2.28. The summed E-state index contributed by atoms with van der Waals surface area (Å²) in [5, 5.41) is 11.0. The Morgan fingerprint density at radius 3 is 2.58 bits per heavy atom. The van der Waals surface area contributed by atoms with Crippen LogP contribution >= 0.6 is 0 Å². The average molecular weight is 543 g/mol. The van der Waals surface area contributed by atoms with Gasteiger partial charge in [-0.1, -0.05) is 39.0 Å². The van der Waals surface area contributed by atoms with Crippen LogP contribution in [0.1, 0.15) is 67.1 Å². The molecule has 1 saturated heterocycles. The molecule has 5 rings (SSSR count). The number of aromatic nitrogens is 2. The second-order valence-electron chi connectivity index (χ2n) is 12.5. The topological polar surface area (TPSA) is 82.5 Å². The van der Waals surface area contributed by atoms with Gasteiger partial charge in [-0.2, -0.15) is 5.10 Å². The minimum Gasteiger partial charge on any atom is -0.352 e. The van der Waals surface area contributed by atoms with Crippen molar-refractivity contribution in [3.63, 3.8) is 0 Å². The lowest BCUT2D eigenvalue weighted by atomic mass is 9.90. The van der Waals surface area contributed by atoms with Crippen LogP contribution in [0.2, 0.25) is 0 Å². The van der Waals surface area contributed by atoms with E-state index in [-0.39, 0.29) is 17.7 Å². The zero-order valence-electron chi connectivity index (χ0n) is 24.5. The number of benzene rings is 2. The first-order chi connectivity index (χ1) is 19.1. The summed E-state index contributed by atoms with van der Waals surface area (Å²) >= 11 is 0. The number of nitrogens with one attached hydrogen (secondary N) is 2. The minimum atomic E-state index is -0.0668. The normalized spacial score (nSPS) is 16.1. The van der Waals surface area contributed by atoms with Gasteiger partial charge >= 0.3 is 0 Å². The van der Waals surface area contributed by atoms with Gasteiger partial charge in [-0.05, 0) is 86.6 Å². The molecule has 0 radical (unpaired) electrons. The molecule has 0 bridgehead atoms. The van der Waals surface area contributed by atoms with Crippen molar-refractivity contribution < 1.29 is 9.59 Å². The number of aryl methyl sites for hydroxylation is 2. The zero-order chi connectivity index (χ0) is 28.4. The third kappa shape index (κ3) is 6.22.